The second kappa shape index (κ2) is 6.19. The maximum atomic E-state index is 13.5. The van der Waals surface area contributed by atoms with Crippen molar-refractivity contribution in [2.45, 2.75) is 0 Å². The molecule has 0 radical (unpaired) electrons. The predicted octanol–water partition coefficient (Wildman–Crippen LogP) is 5.10. The Morgan fingerprint density at radius 1 is 1.26 bits per heavy atom. The van der Waals surface area contributed by atoms with E-state index in [0.29, 0.717) is 10.6 Å². The molecule has 0 bridgehead atoms. The van der Waals surface area contributed by atoms with Crippen LogP contribution in [0.4, 0.5) is 10.1 Å². The van der Waals surface area contributed by atoms with Gasteiger partial charge >= 0.3 is 0 Å². The molecule has 0 atom stereocenters. The summed E-state index contributed by atoms with van der Waals surface area (Å²) in [5.74, 6) is -0.908. The Labute approximate surface area is 136 Å². The zero-order valence-corrected chi connectivity index (χ0v) is 13.9. The normalized spacial score (nSPS) is 10.3. The standard InChI is InChI=1S/C13H7BrClFINO/c14-7-1-4-11(17)9(5-7)13(19)18-12-6-8(15)2-3-10(12)16/h1-6H,(H,18,19). The van der Waals surface area contributed by atoms with Crippen LogP contribution in [0.2, 0.25) is 5.02 Å². The molecule has 2 aromatic carbocycles. The van der Waals surface area contributed by atoms with E-state index in [2.05, 4.69) is 21.2 Å². The minimum atomic E-state index is -0.525. The zero-order chi connectivity index (χ0) is 14.0. The number of anilines is 1. The Bertz CT molecular complexity index is 651. The first-order valence-corrected chi connectivity index (χ1v) is 7.44. The molecule has 0 fully saturated rings. The van der Waals surface area contributed by atoms with E-state index in [-0.39, 0.29) is 11.6 Å². The smallest absolute Gasteiger partial charge is 0.256 e. The summed E-state index contributed by atoms with van der Waals surface area (Å²) in [7, 11) is 0. The van der Waals surface area contributed by atoms with Gasteiger partial charge in [0.1, 0.15) is 5.82 Å². The van der Waals surface area contributed by atoms with Crippen LogP contribution in [0.1, 0.15) is 10.4 Å². The number of rotatable bonds is 2. The zero-order valence-electron chi connectivity index (χ0n) is 9.38. The highest BCUT2D eigenvalue weighted by Crippen LogP contribution is 2.23. The Balaban J connectivity index is 2.30. The number of carbonyl (C=O) groups is 1. The monoisotopic (exact) mass is 453 g/mol. The molecular weight excluding hydrogens is 447 g/mol. The van der Waals surface area contributed by atoms with Crippen molar-refractivity contribution in [2.75, 3.05) is 5.32 Å². The molecule has 0 aromatic heterocycles. The summed E-state index contributed by atoms with van der Waals surface area (Å²) >= 11 is 11.1. The summed E-state index contributed by atoms with van der Waals surface area (Å²) in [5, 5.41) is 2.87. The van der Waals surface area contributed by atoms with Gasteiger partial charge in [-0.3, -0.25) is 4.79 Å². The van der Waals surface area contributed by atoms with Crippen LogP contribution in [0.3, 0.4) is 0 Å². The predicted molar refractivity (Wildman–Crippen MR) is 86.2 cm³/mol. The van der Waals surface area contributed by atoms with Crippen molar-refractivity contribution in [1.29, 1.82) is 0 Å². The van der Waals surface area contributed by atoms with Gasteiger partial charge in [0.05, 0.1) is 11.3 Å². The number of benzene rings is 2. The Morgan fingerprint density at radius 2 is 2.00 bits per heavy atom. The van der Waals surface area contributed by atoms with Crippen LogP contribution in [-0.2, 0) is 0 Å². The van der Waals surface area contributed by atoms with E-state index in [1.807, 2.05) is 28.7 Å². The van der Waals surface area contributed by atoms with E-state index in [1.54, 1.807) is 12.1 Å². The number of carbonyl (C=O) groups excluding carboxylic acids is 1. The van der Waals surface area contributed by atoms with Crippen LogP contribution in [0.5, 0.6) is 0 Å². The molecular formula is C13H7BrClFINO. The molecule has 1 amide bonds. The summed E-state index contributed by atoms with van der Waals surface area (Å²) < 4.78 is 15.1. The molecule has 0 spiro atoms. The average molecular weight is 454 g/mol. The molecule has 2 rings (SSSR count). The highest BCUT2D eigenvalue weighted by molar-refractivity contribution is 14.1. The maximum absolute atomic E-state index is 13.5. The summed E-state index contributed by atoms with van der Waals surface area (Å²) in [6.45, 7) is 0. The topological polar surface area (TPSA) is 29.1 Å². The van der Waals surface area contributed by atoms with Crippen molar-refractivity contribution >= 4 is 61.7 Å². The molecule has 2 aromatic rings. The molecule has 0 saturated heterocycles. The molecule has 0 heterocycles. The molecule has 1 N–H and O–H groups in total. The molecule has 2 nitrogen and oxygen atoms in total. The van der Waals surface area contributed by atoms with Gasteiger partial charge in [0, 0.05) is 13.1 Å². The van der Waals surface area contributed by atoms with E-state index in [1.165, 1.54) is 18.2 Å². The number of hydrogen-bond acceptors (Lipinski definition) is 1. The van der Waals surface area contributed by atoms with Crippen molar-refractivity contribution in [3.05, 3.63) is 60.8 Å². The molecule has 6 heteroatoms. The van der Waals surface area contributed by atoms with Crippen molar-refractivity contribution in [3.63, 3.8) is 0 Å². The number of hydrogen-bond donors (Lipinski definition) is 1. The third kappa shape index (κ3) is 3.67. The third-order valence-electron chi connectivity index (χ3n) is 2.35. The first-order chi connectivity index (χ1) is 8.97. The van der Waals surface area contributed by atoms with E-state index in [9.17, 15) is 9.18 Å². The van der Waals surface area contributed by atoms with Crippen LogP contribution < -0.4 is 5.32 Å². The lowest BCUT2D eigenvalue weighted by molar-refractivity contribution is 0.102. The molecule has 0 aliphatic rings. The van der Waals surface area contributed by atoms with Crippen molar-refractivity contribution in [1.82, 2.24) is 0 Å². The van der Waals surface area contributed by atoms with E-state index in [0.717, 1.165) is 8.04 Å². The summed E-state index contributed by atoms with van der Waals surface area (Å²) in [4.78, 5) is 12.1. The molecule has 19 heavy (non-hydrogen) atoms. The lowest BCUT2D eigenvalue weighted by atomic mass is 10.2. The van der Waals surface area contributed by atoms with E-state index >= 15 is 0 Å². The van der Waals surface area contributed by atoms with E-state index in [4.69, 9.17) is 11.6 Å². The molecule has 0 aliphatic carbocycles. The van der Waals surface area contributed by atoms with E-state index < -0.39 is 5.82 Å². The number of nitrogens with one attached hydrogen (secondary N) is 1. The van der Waals surface area contributed by atoms with Crippen molar-refractivity contribution in [2.24, 2.45) is 0 Å². The van der Waals surface area contributed by atoms with Gasteiger partial charge in [-0.1, -0.05) is 27.5 Å². The quantitative estimate of drug-likeness (QED) is 0.629. The SMILES string of the molecule is O=C(Nc1cc(Cl)ccc1F)c1cc(Br)ccc1I. The first-order valence-electron chi connectivity index (χ1n) is 5.19. The minimum Gasteiger partial charge on any atom is -0.319 e. The summed E-state index contributed by atoms with van der Waals surface area (Å²) in [6.07, 6.45) is 0. The highest BCUT2D eigenvalue weighted by atomic mass is 127. The summed E-state index contributed by atoms with van der Waals surface area (Å²) in [5.41, 5.74) is 0.530. The number of halogens is 4. The molecule has 0 saturated carbocycles. The van der Waals surface area contributed by atoms with Gasteiger partial charge in [-0.2, -0.15) is 0 Å². The van der Waals surface area contributed by atoms with Crippen LogP contribution >= 0.6 is 50.1 Å². The fraction of sp³-hybridized carbons (Fsp3) is 0. The Morgan fingerprint density at radius 3 is 2.74 bits per heavy atom. The second-order valence-electron chi connectivity index (χ2n) is 3.70. The maximum Gasteiger partial charge on any atom is 0.256 e. The van der Waals surface area contributed by atoms with Gasteiger partial charge in [0.2, 0.25) is 0 Å². The molecule has 98 valence electrons. The fourth-order valence-corrected chi connectivity index (χ4v) is 2.57. The van der Waals surface area contributed by atoms with Gasteiger partial charge in [0.15, 0.2) is 0 Å². The lowest BCUT2D eigenvalue weighted by Gasteiger charge is -2.08. The van der Waals surface area contributed by atoms with Gasteiger partial charge in [0.25, 0.3) is 5.91 Å². The van der Waals surface area contributed by atoms with Gasteiger partial charge in [-0.15, -0.1) is 0 Å². The van der Waals surface area contributed by atoms with Gasteiger partial charge < -0.3 is 5.32 Å². The largest absolute Gasteiger partial charge is 0.319 e. The van der Waals surface area contributed by atoms with Crippen molar-refractivity contribution in [3.8, 4) is 0 Å². The lowest BCUT2D eigenvalue weighted by Crippen LogP contribution is -2.14. The van der Waals surface area contributed by atoms with Crippen LogP contribution in [0.15, 0.2) is 40.9 Å². The van der Waals surface area contributed by atoms with Crippen LogP contribution in [0, 0.1) is 9.39 Å². The van der Waals surface area contributed by atoms with Gasteiger partial charge in [-0.25, -0.2) is 4.39 Å². The number of amides is 1. The first kappa shape index (κ1) is 14.7. The average Bonchev–Trinajstić information content (AvgIpc) is 2.36. The highest BCUT2D eigenvalue weighted by Gasteiger charge is 2.13. The summed E-state index contributed by atoms with van der Waals surface area (Å²) in [6, 6.07) is 9.32. The van der Waals surface area contributed by atoms with Crippen LogP contribution in [-0.4, -0.2) is 5.91 Å². The van der Waals surface area contributed by atoms with Crippen LogP contribution in [0.25, 0.3) is 0 Å². The fourth-order valence-electron chi connectivity index (χ4n) is 1.45. The minimum absolute atomic E-state index is 0.0632. The van der Waals surface area contributed by atoms with Gasteiger partial charge in [-0.05, 0) is 59.0 Å². The second-order valence-corrected chi connectivity index (χ2v) is 6.22. The Hall–Kier alpha value is -0.660. The third-order valence-corrected chi connectivity index (χ3v) is 4.02. The Kier molecular flexibility index (Phi) is 4.81. The molecule has 0 unspecified atom stereocenters. The molecule has 0 aliphatic heterocycles. The van der Waals surface area contributed by atoms with Crippen molar-refractivity contribution < 1.29 is 9.18 Å².